The normalized spacial score (nSPS) is 16.9. The first-order valence-corrected chi connectivity index (χ1v) is 8.93. The van der Waals surface area contributed by atoms with Crippen LogP contribution >= 0.6 is 24.0 Å². The molecule has 3 rings (SSSR count). The fraction of sp³-hybridized carbons (Fsp3) is 0.400. The molecule has 1 atom stereocenters. The monoisotopic (exact) mass is 465 g/mol. The quantitative estimate of drug-likeness (QED) is 0.405. The van der Waals surface area contributed by atoms with Crippen LogP contribution in [0.4, 0.5) is 5.69 Å². The topological polar surface area (TPSA) is 52.6 Å². The van der Waals surface area contributed by atoms with Gasteiger partial charge < -0.3 is 15.5 Å². The van der Waals surface area contributed by atoms with Crippen molar-refractivity contribution in [3.8, 4) is 0 Å². The minimum atomic E-state index is 0. The van der Waals surface area contributed by atoms with Crippen LogP contribution in [0.5, 0.6) is 0 Å². The molecule has 2 N–H and O–H groups in total. The summed E-state index contributed by atoms with van der Waals surface area (Å²) in [6, 6.07) is 15.2. The molecule has 0 aliphatic carbocycles. The maximum absolute atomic E-state index is 4.35. The van der Waals surface area contributed by atoms with Gasteiger partial charge in [0.2, 0.25) is 0 Å². The fourth-order valence-corrected chi connectivity index (χ4v) is 3.11. The van der Waals surface area contributed by atoms with Gasteiger partial charge in [0, 0.05) is 56.7 Å². The van der Waals surface area contributed by atoms with Crippen LogP contribution in [-0.2, 0) is 6.42 Å². The SMILES string of the molecule is CN=C(NCCc1ccccn1)NC1CCN(c2ccc(C)cc2)C1.I. The number of guanidine groups is 1. The van der Waals surface area contributed by atoms with E-state index < -0.39 is 0 Å². The molecule has 1 saturated heterocycles. The van der Waals surface area contributed by atoms with Crippen molar-refractivity contribution in [2.24, 2.45) is 4.99 Å². The van der Waals surface area contributed by atoms with Gasteiger partial charge in [0.15, 0.2) is 5.96 Å². The van der Waals surface area contributed by atoms with Crippen molar-refractivity contribution in [1.82, 2.24) is 15.6 Å². The number of hydrogen-bond donors (Lipinski definition) is 2. The highest BCUT2D eigenvalue weighted by Gasteiger charge is 2.23. The van der Waals surface area contributed by atoms with Gasteiger partial charge in [0.1, 0.15) is 0 Å². The predicted octanol–water partition coefficient (Wildman–Crippen LogP) is 2.99. The molecule has 1 fully saturated rings. The zero-order chi connectivity index (χ0) is 17.5. The van der Waals surface area contributed by atoms with E-state index in [1.54, 1.807) is 0 Å². The number of halogens is 1. The van der Waals surface area contributed by atoms with Crippen molar-refractivity contribution >= 4 is 35.6 Å². The van der Waals surface area contributed by atoms with E-state index in [1.807, 2.05) is 31.4 Å². The summed E-state index contributed by atoms with van der Waals surface area (Å²) in [6.45, 7) is 5.03. The average molecular weight is 465 g/mol. The van der Waals surface area contributed by atoms with Gasteiger partial charge in [-0.25, -0.2) is 0 Å². The molecule has 1 aromatic carbocycles. The summed E-state index contributed by atoms with van der Waals surface area (Å²) in [5, 5.41) is 6.93. The Morgan fingerprint density at radius 1 is 1.23 bits per heavy atom. The van der Waals surface area contributed by atoms with Gasteiger partial charge in [-0.2, -0.15) is 0 Å². The van der Waals surface area contributed by atoms with Crippen LogP contribution in [-0.4, -0.2) is 43.7 Å². The molecule has 1 aliphatic rings. The molecule has 0 spiro atoms. The van der Waals surface area contributed by atoms with Crippen molar-refractivity contribution in [3.63, 3.8) is 0 Å². The molecule has 140 valence electrons. The summed E-state index contributed by atoms with van der Waals surface area (Å²) in [4.78, 5) is 11.1. The molecule has 1 aromatic heterocycles. The van der Waals surface area contributed by atoms with E-state index in [2.05, 4.69) is 56.7 Å². The second-order valence-electron chi connectivity index (χ2n) is 6.48. The molecule has 2 heterocycles. The number of hydrogen-bond acceptors (Lipinski definition) is 3. The van der Waals surface area contributed by atoms with Crippen LogP contribution in [0.3, 0.4) is 0 Å². The lowest BCUT2D eigenvalue weighted by Gasteiger charge is -2.20. The summed E-state index contributed by atoms with van der Waals surface area (Å²) in [5.74, 6) is 0.867. The number of benzene rings is 1. The van der Waals surface area contributed by atoms with Crippen LogP contribution in [0, 0.1) is 6.92 Å². The smallest absolute Gasteiger partial charge is 0.191 e. The van der Waals surface area contributed by atoms with E-state index in [9.17, 15) is 0 Å². The highest BCUT2D eigenvalue weighted by molar-refractivity contribution is 14.0. The number of anilines is 1. The molecule has 5 nitrogen and oxygen atoms in total. The van der Waals surface area contributed by atoms with Crippen molar-refractivity contribution in [3.05, 3.63) is 59.9 Å². The third-order valence-corrected chi connectivity index (χ3v) is 4.55. The number of aryl methyl sites for hydroxylation is 1. The lowest BCUT2D eigenvalue weighted by atomic mass is 10.2. The first-order chi connectivity index (χ1) is 12.2. The van der Waals surface area contributed by atoms with Crippen LogP contribution in [0.1, 0.15) is 17.7 Å². The van der Waals surface area contributed by atoms with E-state index in [0.29, 0.717) is 6.04 Å². The standard InChI is InChI=1S/C20H27N5.HI/c1-16-6-8-19(9-7-16)25-14-11-18(15-25)24-20(21-2)23-13-10-17-5-3-4-12-22-17;/h3-9,12,18H,10-11,13-15H2,1-2H3,(H2,21,23,24);1H. The summed E-state index contributed by atoms with van der Waals surface area (Å²) >= 11 is 0. The molecule has 0 amide bonds. The van der Waals surface area contributed by atoms with Gasteiger partial charge in [-0.05, 0) is 37.6 Å². The average Bonchev–Trinajstić information content (AvgIpc) is 3.11. The molecular weight excluding hydrogens is 437 g/mol. The highest BCUT2D eigenvalue weighted by Crippen LogP contribution is 2.20. The van der Waals surface area contributed by atoms with Crippen LogP contribution < -0.4 is 15.5 Å². The Balaban J connectivity index is 0.00000243. The number of rotatable bonds is 5. The van der Waals surface area contributed by atoms with Crippen LogP contribution in [0.2, 0.25) is 0 Å². The number of aliphatic imine (C=N–C) groups is 1. The first-order valence-electron chi connectivity index (χ1n) is 8.93. The lowest BCUT2D eigenvalue weighted by molar-refractivity contribution is 0.647. The molecule has 0 bridgehead atoms. The molecular formula is C20H28IN5. The Morgan fingerprint density at radius 3 is 2.73 bits per heavy atom. The number of pyridine rings is 1. The summed E-state index contributed by atoms with van der Waals surface area (Å²) in [7, 11) is 1.82. The van der Waals surface area contributed by atoms with E-state index in [4.69, 9.17) is 0 Å². The molecule has 0 saturated carbocycles. The van der Waals surface area contributed by atoms with Crippen molar-refractivity contribution < 1.29 is 0 Å². The first kappa shape index (κ1) is 20.5. The molecule has 6 heteroatoms. The zero-order valence-electron chi connectivity index (χ0n) is 15.5. The summed E-state index contributed by atoms with van der Waals surface area (Å²) < 4.78 is 0. The van der Waals surface area contributed by atoms with Gasteiger partial charge in [-0.3, -0.25) is 9.98 Å². The van der Waals surface area contributed by atoms with Crippen LogP contribution in [0.15, 0.2) is 53.7 Å². The lowest BCUT2D eigenvalue weighted by Crippen LogP contribution is -2.45. The Morgan fingerprint density at radius 2 is 2.04 bits per heavy atom. The van der Waals surface area contributed by atoms with Gasteiger partial charge in [0.25, 0.3) is 0 Å². The fourth-order valence-electron chi connectivity index (χ4n) is 3.11. The van der Waals surface area contributed by atoms with Gasteiger partial charge >= 0.3 is 0 Å². The van der Waals surface area contributed by atoms with E-state index in [-0.39, 0.29) is 24.0 Å². The van der Waals surface area contributed by atoms with Gasteiger partial charge in [0.05, 0.1) is 0 Å². The maximum Gasteiger partial charge on any atom is 0.191 e. The second-order valence-corrected chi connectivity index (χ2v) is 6.48. The van der Waals surface area contributed by atoms with Crippen molar-refractivity contribution in [2.75, 3.05) is 31.6 Å². The number of nitrogens with zero attached hydrogens (tertiary/aromatic N) is 3. The van der Waals surface area contributed by atoms with Crippen LogP contribution in [0.25, 0.3) is 0 Å². The Bertz CT molecular complexity index is 687. The largest absolute Gasteiger partial charge is 0.369 e. The van der Waals surface area contributed by atoms with Gasteiger partial charge in [-0.15, -0.1) is 24.0 Å². The van der Waals surface area contributed by atoms with Crippen molar-refractivity contribution in [2.45, 2.75) is 25.8 Å². The highest BCUT2D eigenvalue weighted by atomic mass is 127. The Labute approximate surface area is 173 Å². The number of aromatic nitrogens is 1. The molecule has 2 aromatic rings. The minimum absolute atomic E-state index is 0. The van der Waals surface area contributed by atoms with E-state index in [0.717, 1.165) is 44.1 Å². The zero-order valence-corrected chi connectivity index (χ0v) is 17.8. The molecule has 1 aliphatic heterocycles. The van der Waals surface area contributed by atoms with E-state index >= 15 is 0 Å². The summed E-state index contributed by atoms with van der Waals surface area (Å²) in [6.07, 6.45) is 3.84. The number of nitrogens with one attached hydrogen (secondary N) is 2. The maximum atomic E-state index is 4.35. The Hall–Kier alpha value is -1.83. The van der Waals surface area contributed by atoms with E-state index in [1.165, 1.54) is 11.3 Å². The Kier molecular flexibility index (Phi) is 8.15. The summed E-state index contributed by atoms with van der Waals surface area (Å²) in [5.41, 5.74) is 3.69. The molecule has 26 heavy (non-hydrogen) atoms. The molecule has 1 unspecified atom stereocenters. The van der Waals surface area contributed by atoms with Gasteiger partial charge in [-0.1, -0.05) is 23.8 Å². The third kappa shape index (κ3) is 5.86. The van der Waals surface area contributed by atoms with Crippen molar-refractivity contribution in [1.29, 1.82) is 0 Å². The third-order valence-electron chi connectivity index (χ3n) is 4.55. The second kappa shape index (κ2) is 10.4. The molecule has 0 radical (unpaired) electrons. The predicted molar refractivity (Wildman–Crippen MR) is 120 cm³/mol. The minimum Gasteiger partial charge on any atom is -0.369 e.